The summed E-state index contributed by atoms with van der Waals surface area (Å²) in [6.07, 6.45) is 2.68. The van der Waals surface area contributed by atoms with Gasteiger partial charge in [0.05, 0.1) is 9.82 Å². The maximum atomic E-state index is 12.5. The lowest BCUT2D eigenvalue weighted by atomic mass is 9.75. The molecule has 7 nitrogen and oxygen atoms in total. The summed E-state index contributed by atoms with van der Waals surface area (Å²) in [5.41, 5.74) is -0.391. The highest BCUT2D eigenvalue weighted by atomic mass is 32.2. The van der Waals surface area contributed by atoms with Gasteiger partial charge < -0.3 is 5.11 Å². The van der Waals surface area contributed by atoms with Crippen molar-refractivity contribution in [3.05, 3.63) is 33.9 Å². The quantitative estimate of drug-likeness (QED) is 0.610. The minimum absolute atomic E-state index is 0.0392. The van der Waals surface area contributed by atoms with E-state index in [4.69, 9.17) is 5.11 Å². The van der Waals surface area contributed by atoms with Crippen molar-refractivity contribution in [1.82, 2.24) is 4.72 Å². The molecular formula is C13H18N2O5S. The summed E-state index contributed by atoms with van der Waals surface area (Å²) in [4.78, 5) is 10.2. The number of nitrogens with zero attached hydrogens (tertiary/aromatic N) is 1. The van der Waals surface area contributed by atoms with Crippen molar-refractivity contribution in [2.45, 2.75) is 43.0 Å². The van der Waals surface area contributed by atoms with Gasteiger partial charge in [0.1, 0.15) is 0 Å². The molecule has 1 aliphatic carbocycles. The summed E-state index contributed by atoms with van der Waals surface area (Å²) in [6, 6.07) is 3.68. The minimum Gasteiger partial charge on any atom is -0.396 e. The van der Waals surface area contributed by atoms with E-state index in [9.17, 15) is 18.5 Å². The van der Waals surface area contributed by atoms with E-state index >= 15 is 0 Å². The highest BCUT2D eigenvalue weighted by Crippen LogP contribution is 2.36. The molecule has 1 aromatic carbocycles. The SMILES string of the molecule is Cc1cc([N+](=O)[O-])ccc1S(=O)(=O)NC1(CCO)CCC1. The highest BCUT2D eigenvalue weighted by molar-refractivity contribution is 7.89. The van der Waals surface area contributed by atoms with Crippen LogP contribution in [0.2, 0.25) is 0 Å². The van der Waals surface area contributed by atoms with Gasteiger partial charge >= 0.3 is 0 Å². The van der Waals surface area contributed by atoms with Gasteiger partial charge in [0.25, 0.3) is 5.69 Å². The average molecular weight is 314 g/mol. The van der Waals surface area contributed by atoms with Gasteiger partial charge in [0, 0.05) is 24.3 Å². The van der Waals surface area contributed by atoms with Crippen LogP contribution in [0.4, 0.5) is 5.69 Å². The molecule has 1 aromatic rings. The van der Waals surface area contributed by atoms with Gasteiger partial charge in [0.2, 0.25) is 10.0 Å². The number of aliphatic hydroxyl groups is 1. The summed E-state index contributed by atoms with van der Waals surface area (Å²) in [5, 5.41) is 19.8. The maximum absolute atomic E-state index is 12.5. The summed E-state index contributed by atoms with van der Waals surface area (Å²) >= 11 is 0. The van der Waals surface area contributed by atoms with Crippen LogP contribution in [0.25, 0.3) is 0 Å². The van der Waals surface area contributed by atoms with Crippen molar-refractivity contribution in [3.63, 3.8) is 0 Å². The Bertz CT molecular complexity index is 653. The molecule has 0 saturated heterocycles. The average Bonchev–Trinajstić information content (AvgIpc) is 2.35. The van der Waals surface area contributed by atoms with Crippen LogP contribution in [0.15, 0.2) is 23.1 Å². The Labute approximate surface area is 123 Å². The van der Waals surface area contributed by atoms with Crippen LogP contribution in [0, 0.1) is 17.0 Å². The highest BCUT2D eigenvalue weighted by Gasteiger charge is 2.40. The number of sulfonamides is 1. The lowest BCUT2D eigenvalue weighted by Gasteiger charge is -2.42. The lowest BCUT2D eigenvalue weighted by molar-refractivity contribution is -0.385. The number of nitrogens with one attached hydrogen (secondary N) is 1. The molecule has 0 amide bonds. The van der Waals surface area contributed by atoms with Crippen molar-refractivity contribution < 1.29 is 18.4 Å². The number of hydrogen-bond acceptors (Lipinski definition) is 5. The Morgan fingerprint density at radius 2 is 2.10 bits per heavy atom. The first kappa shape index (κ1) is 15.9. The van der Waals surface area contributed by atoms with E-state index in [1.165, 1.54) is 25.1 Å². The third-order valence-corrected chi connectivity index (χ3v) is 5.65. The van der Waals surface area contributed by atoms with Crippen LogP contribution in [0.1, 0.15) is 31.2 Å². The molecule has 2 N–H and O–H groups in total. The molecule has 8 heteroatoms. The summed E-state index contributed by atoms with van der Waals surface area (Å²) in [6.45, 7) is 1.45. The molecule has 1 fully saturated rings. The number of nitro groups is 1. The fourth-order valence-corrected chi connectivity index (χ4v) is 4.33. The van der Waals surface area contributed by atoms with E-state index in [0.717, 1.165) is 6.42 Å². The molecule has 0 aromatic heterocycles. The predicted molar refractivity (Wildman–Crippen MR) is 76.4 cm³/mol. The van der Waals surface area contributed by atoms with Gasteiger partial charge in [-0.15, -0.1) is 0 Å². The minimum atomic E-state index is -3.76. The monoisotopic (exact) mass is 314 g/mol. The number of aliphatic hydroxyl groups excluding tert-OH is 1. The number of non-ortho nitro benzene ring substituents is 1. The first-order valence-corrected chi connectivity index (χ1v) is 8.18. The second-order valence-electron chi connectivity index (χ2n) is 5.42. The Morgan fingerprint density at radius 3 is 2.52 bits per heavy atom. The van der Waals surface area contributed by atoms with E-state index in [1.807, 2.05) is 0 Å². The van der Waals surface area contributed by atoms with E-state index < -0.39 is 20.5 Å². The molecule has 0 unspecified atom stereocenters. The van der Waals surface area contributed by atoms with E-state index in [1.54, 1.807) is 0 Å². The largest absolute Gasteiger partial charge is 0.396 e. The first-order chi connectivity index (χ1) is 9.80. The molecule has 0 aliphatic heterocycles. The third-order valence-electron chi connectivity index (χ3n) is 3.91. The zero-order valence-electron chi connectivity index (χ0n) is 11.7. The number of benzene rings is 1. The van der Waals surface area contributed by atoms with E-state index in [-0.39, 0.29) is 17.2 Å². The van der Waals surface area contributed by atoms with Gasteiger partial charge in [-0.1, -0.05) is 0 Å². The molecule has 21 heavy (non-hydrogen) atoms. The third kappa shape index (κ3) is 3.22. The topological polar surface area (TPSA) is 110 Å². The standard InChI is InChI=1S/C13H18N2O5S/c1-10-9-11(15(17)18)3-4-12(10)21(19,20)14-13(7-8-16)5-2-6-13/h3-4,9,14,16H,2,5-8H2,1H3. The lowest BCUT2D eigenvalue weighted by Crippen LogP contribution is -2.53. The number of aryl methyl sites for hydroxylation is 1. The normalized spacial score (nSPS) is 17.2. The van der Waals surface area contributed by atoms with Crippen molar-refractivity contribution >= 4 is 15.7 Å². The van der Waals surface area contributed by atoms with Gasteiger partial charge in [-0.2, -0.15) is 0 Å². The molecule has 0 heterocycles. The number of nitro benzene ring substituents is 1. The van der Waals surface area contributed by atoms with Gasteiger partial charge in [-0.05, 0) is 44.2 Å². The van der Waals surface area contributed by atoms with Crippen LogP contribution in [0.5, 0.6) is 0 Å². The molecule has 0 radical (unpaired) electrons. The van der Waals surface area contributed by atoms with Gasteiger partial charge in [-0.3, -0.25) is 10.1 Å². The van der Waals surface area contributed by atoms with Crippen molar-refractivity contribution in [2.75, 3.05) is 6.61 Å². The Balaban J connectivity index is 2.29. The zero-order valence-corrected chi connectivity index (χ0v) is 12.5. The first-order valence-electron chi connectivity index (χ1n) is 6.70. The maximum Gasteiger partial charge on any atom is 0.269 e. The smallest absolute Gasteiger partial charge is 0.269 e. The fourth-order valence-electron chi connectivity index (χ4n) is 2.61. The second kappa shape index (κ2) is 5.70. The predicted octanol–water partition coefficient (Wildman–Crippen LogP) is 1.49. The van der Waals surface area contributed by atoms with Crippen molar-refractivity contribution in [1.29, 1.82) is 0 Å². The van der Waals surface area contributed by atoms with Crippen molar-refractivity contribution in [3.8, 4) is 0 Å². The Hall–Kier alpha value is -1.51. The molecule has 2 rings (SSSR count). The molecule has 1 saturated carbocycles. The molecule has 0 atom stereocenters. The van der Waals surface area contributed by atoms with Crippen LogP contribution < -0.4 is 4.72 Å². The summed E-state index contributed by atoms with van der Waals surface area (Å²) in [7, 11) is -3.76. The fraction of sp³-hybridized carbons (Fsp3) is 0.538. The molecular weight excluding hydrogens is 296 g/mol. The summed E-state index contributed by atoms with van der Waals surface area (Å²) < 4.78 is 27.6. The molecule has 1 aliphatic rings. The van der Waals surface area contributed by atoms with Crippen LogP contribution >= 0.6 is 0 Å². The molecule has 116 valence electrons. The van der Waals surface area contributed by atoms with Gasteiger partial charge in [0.15, 0.2) is 0 Å². The van der Waals surface area contributed by atoms with E-state index in [0.29, 0.717) is 24.8 Å². The molecule has 0 spiro atoms. The van der Waals surface area contributed by atoms with E-state index in [2.05, 4.69) is 4.72 Å². The van der Waals surface area contributed by atoms with Crippen LogP contribution in [0.3, 0.4) is 0 Å². The van der Waals surface area contributed by atoms with Gasteiger partial charge in [-0.25, -0.2) is 13.1 Å². The number of rotatable bonds is 6. The zero-order chi connectivity index (χ0) is 15.7. The number of hydrogen-bond donors (Lipinski definition) is 2. The van der Waals surface area contributed by atoms with Crippen LogP contribution in [-0.4, -0.2) is 30.6 Å². The van der Waals surface area contributed by atoms with Crippen LogP contribution in [-0.2, 0) is 10.0 Å². The molecule has 0 bridgehead atoms. The van der Waals surface area contributed by atoms with Crippen molar-refractivity contribution in [2.24, 2.45) is 0 Å². The Kier molecular flexibility index (Phi) is 4.31. The second-order valence-corrected chi connectivity index (χ2v) is 7.07. The Morgan fingerprint density at radius 1 is 1.43 bits per heavy atom. The summed E-state index contributed by atoms with van der Waals surface area (Å²) in [5.74, 6) is 0.